The molecule has 7 heteroatoms. The van der Waals surface area contributed by atoms with Gasteiger partial charge in [0.2, 0.25) is 0 Å². The molecule has 2 aromatic carbocycles. The van der Waals surface area contributed by atoms with E-state index in [-0.39, 0.29) is 12.5 Å². The fourth-order valence-electron chi connectivity index (χ4n) is 3.05. The summed E-state index contributed by atoms with van der Waals surface area (Å²) in [7, 11) is 3.10. The number of benzene rings is 2. The molecule has 6 nitrogen and oxygen atoms in total. The number of fused-ring (bicyclic) bond motifs is 1. The molecule has 0 aliphatic heterocycles. The molecule has 4 aromatic rings. The van der Waals surface area contributed by atoms with Gasteiger partial charge in [-0.25, -0.2) is 4.98 Å². The molecule has 0 unspecified atom stereocenters. The minimum absolute atomic E-state index is 0.243. The fraction of sp³-hybridized carbons (Fsp3) is 0.182. The largest absolute Gasteiger partial charge is 0.497 e. The molecule has 148 valence electrons. The number of thiazole rings is 1. The summed E-state index contributed by atoms with van der Waals surface area (Å²) in [5.74, 6) is 1.47. The maximum Gasteiger partial charge on any atom is 0.264 e. The van der Waals surface area contributed by atoms with Crippen molar-refractivity contribution in [3.05, 3.63) is 71.7 Å². The second kappa shape index (κ2) is 7.97. The number of hydrogen-bond acceptors (Lipinski definition) is 6. The average molecular weight is 408 g/mol. The minimum atomic E-state index is -0.243. The molecule has 0 aliphatic rings. The number of carbonyl (C=O) groups is 1. The summed E-state index contributed by atoms with van der Waals surface area (Å²) in [6.45, 7) is 2.29. The van der Waals surface area contributed by atoms with Gasteiger partial charge in [0, 0.05) is 0 Å². The quantitative estimate of drug-likeness (QED) is 0.446. The molecule has 0 N–H and O–H groups in total. The van der Waals surface area contributed by atoms with E-state index in [1.807, 2.05) is 25.1 Å². The van der Waals surface area contributed by atoms with Gasteiger partial charge in [-0.3, -0.25) is 9.69 Å². The van der Waals surface area contributed by atoms with Crippen LogP contribution < -0.4 is 14.4 Å². The Hall–Kier alpha value is -3.32. The summed E-state index contributed by atoms with van der Waals surface area (Å²) < 4.78 is 17.2. The van der Waals surface area contributed by atoms with E-state index in [4.69, 9.17) is 13.9 Å². The van der Waals surface area contributed by atoms with Gasteiger partial charge in [0.1, 0.15) is 17.3 Å². The van der Waals surface area contributed by atoms with Gasteiger partial charge in [-0.1, -0.05) is 17.4 Å². The molecule has 1 amide bonds. The standard InChI is InChI=1S/C22H20N2O4S/c1-14-6-8-18-20(11-14)29-22(23-18)24(13-16-5-4-10-28-16)21(25)17-12-15(26-2)7-9-19(17)27-3/h4-12H,13H2,1-3H3. The molecule has 0 fully saturated rings. The highest BCUT2D eigenvalue weighted by Gasteiger charge is 2.25. The van der Waals surface area contributed by atoms with Crippen LogP contribution in [-0.4, -0.2) is 25.1 Å². The van der Waals surface area contributed by atoms with Crippen LogP contribution in [0.2, 0.25) is 0 Å². The van der Waals surface area contributed by atoms with Crippen LogP contribution in [0.3, 0.4) is 0 Å². The smallest absolute Gasteiger partial charge is 0.264 e. The minimum Gasteiger partial charge on any atom is -0.497 e. The van der Waals surface area contributed by atoms with Crippen LogP contribution >= 0.6 is 11.3 Å². The predicted molar refractivity (Wildman–Crippen MR) is 113 cm³/mol. The van der Waals surface area contributed by atoms with Crippen molar-refractivity contribution in [2.45, 2.75) is 13.5 Å². The third-order valence-electron chi connectivity index (χ3n) is 4.54. The molecule has 0 aliphatic carbocycles. The summed E-state index contributed by atoms with van der Waals surface area (Å²) in [5, 5.41) is 0.594. The number of amides is 1. The van der Waals surface area contributed by atoms with E-state index < -0.39 is 0 Å². The van der Waals surface area contributed by atoms with E-state index in [1.54, 1.807) is 42.5 Å². The van der Waals surface area contributed by atoms with Crippen LogP contribution in [0.5, 0.6) is 11.5 Å². The van der Waals surface area contributed by atoms with Gasteiger partial charge in [0.15, 0.2) is 5.13 Å². The number of hydrogen-bond donors (Lipinski definition) is 0. The molecule has 2 heterocycles. The van der Waals surface area contributed by atoms with E-state index >= 15 is 0 Å². The van der Waals surface area contributed by atoms with Crippen LogP contribution in [0.25, 0.3) is 10.2 Å². The molecule has 0 saturated heterocycles. The Morgan fingerprint density at radius 2 is 2.00 bits per heavy atom. The second-order valence-electron chi connectivity index (χ2n) is 6.50. The van der Waals surface area contributed by atoms with Crippen molar-refractivity contribution in [2.75, 3.05) is 19.1 Å². The Labute approximate surface area is 172 Å². The Bertz CT molecular complexity index is 1150. The van der Waals surface area contributed by atoms with Gasteiger partial charge >= 0.3 is 0 Å². The molecule has 0 saturated carbocycles. The highest BCUT2D eigenvalue weighted by Crippen LogP contribution is 2.33. The Kier molecular flexibility index (Phi) is 5.22. The van der Waals surface area contributed by atoms with E-state index in [1.165, 1.54) is 18.4 Å². The van der Waals surface area contributed by atoms with Gasteiger partial charge in [-0.05, 0) is 55.0 Å². The zero-order valence-corrected chi connectivity index (χ0v) is 17.2. The Morgan fingerprint density at radius 3 is 2.72 bits per heavy atom. The van der Waals surface area contributed by atoms with Crippen molar-refractivity contribution in [2.24, 2.45) is 0 Å². The van der Waals surface area contributed by atoms with Gasteiger partial charge in [0.25, 0.3) is 5.91 Å². The molecule has 0 spiro atoms. The van der Waals surface area contributed by atoms with Gasteiger partial charge in [-0.15, -0.1) is 0 Å². The summed E-state index contributed by atoms with van der Waals surface area (Å²) in [6.07, 6.45) is 1.59. The van der Waals surface area contributed by atoms with Crippen molar-refractivity contribution in [3.63, 3.8) is 0 Å². The molecule has 0 bridgehead atoms. The number of nitrogens with zero attached hydrogens (tertiary/aromatic N) is 2. The number of carbonyl (C=O) groups excluding carboxylic acids is 1. The molecule has 29 heavy (non-hydrogen) atoms. The second-order valence-corrected chi connectivity index (χ2v) is 7.51. The average Bonchev–Trinajstić information content (AvgIpc) is 3.40. The SMILES string of the molecule is COc1ccc(OC)c(C(=O)N(Cc2ccco2)c2nc3ccc(C)cc3s2)c1. The molecular formula is C22H20N2O4S. The van der Waals surface area contributed by atoms with Crippen LogP contribution in [0.15, 0.2) is 59.2 Å². The highest BCUT2D eigenvalue weighted by molar-refractivity contribution is 7.22. The van der Waals surface area contributed by atoms with Crippen LogP contribution in [-0.2, 0) is 6.54 Å². The number of aryl methyl sites for hydroxylation is 1. The number of methoxy groups -OCH3 is 2. The monoisotopic (exact) mass is 408 g/mol. The first-order chi connectivity index (χ1) is 14.1. The number of furan rings is 1. The van der Waals surface area contributed by atoms with Crippen LogP contribution in [0.1, 0.15) is 21.7 Å². The lowest BCUT2D eigenvalue weighted by atomic mass is 10.1. The number of ether oxygens (including phenoxy) is 2. The van der Waals surface area contributed by atoms with Crippen molar-refractivity contribution in [1.29, 1.82) is 0 Å². The van der Waals surface area contributed by atoms with Crippen molar-refractivity contribution in [3.8, 4) is 11.5 Å². The first-order valence-electron chi connectivity index (χ1n) is 9.02. The zero-order chi connectivity index (χ0) is 20.4. The first kappa shape index (κ1) is 19.0. The van der Waals surface area contributed by atoms with Crippen molar-refractivity contribution in [1.82, 2.24) is 4.98 Å². The number of rotatable bonds is 6. The number of anilines is 1. The maximum atomic E-state index is 13.6. The van der Waals surface area contributed by atoms with Crippen LogP contribution in [0.4, 0.5) is 5.13 Å². The van der Waals surface area contributed by atoms with E-state index in [0.717, 1.165) is 15.8 Å². The lowest BCUT2D eigenvalue weighted by molar-refractivity contribution is 0.0980. The van der Waals surface area contributed by atoms with E-state index in [2.05, 4.69) is 11.1 Å². The number of aromatic nitrogens is 1. The van der Waals surface area contributed by atoms with Gasteiger partial charge in [-0.2, -0.15) is 0 Å². The Balaban J connectivity index is 1.80. The maximum absolute atomic E-state index is 13.6. The van der Waals surface area contributed by atoms with Crippen molar-refractivity contribution < 1.29 is 18.7 Å². The molecule has 2 aromatic heterocycles. The van der Waals surface area contributed by atoms with Crippen molar-refractivity contribution >= 4 is 32.6 Å². The van der Waals surface area contributed by atoms with E-state index in [9.17, 15) is 4.79 Å². The topological polar surface area (TPSA) is 64.8 Å². The van der Waals surface area contributed by atoms with Gasteiger partial charge in [0.05, 0.1) is 42.8 Å². The summed E-state index contributed by atoms with van der Waals surface area (Å²) in [5.41, 5.74) is 2.39. The third-order valence-corrected chi connectivity index (χ3v) is 5.58. The van der Waals surface area contributed by atoms with E-state index in [0.29, 0.717) is 28.0 Å². The zero-order valence-electron chi connectivity index (χ0n) is 16.3. The molecular weight excluding hydrogens is 388 g/mol. The predicted octanol–water partition coefficient (Wildman–Crippen LogP) is 5.06. The lowest BCUT2D eigenvalue weighted by Gasteiger charge is -2.20. The van der Waals surface area contributed by atoms with Crippen LogP contribution in [0, 0.1) is 6.92 Å². The molecule has 0 radical (unpaired) electrons. The molecule has 4 rings (SSSR count). The fourth-order valence-corrected chi connectivity index (χ4v) is 4.11. The van der Waals surface area contributed by atoms with Gasteiger partial charge < -0.3 is 13.9 Å². The third kappa shape index (κ3) is 3.82. The highest BCUT2D eigenvalue weighted by atomic mass is 32.1. The summed E-state index contributed by atoms with van der Waals surface area (Å²) in [6, 6.07) is 14.8. The lowest BCUT2D eigenvalue weighted by Crippen LogP contribution is -2.30. The summed E-state index contributed by atoms with van der Waals surface area (Å²) in [4.78, 5) is 19.9. The first-order valence-corrected chi connectivity index (χ1v) is 9.84. The normalized spacial score (nSPS) is 10.9. The molecule has 0 atom stereocenters. The Morgan fingerprint density at radius 1 is 1.14 bits per heavy atom. The summed E-state index contributed by atoms with van der Waals surface area (Å²) >= 11 is 1.47.